The standard InChI is InChI=1S/C13H12ClNO4S/c14-5-6-19-10(16)4-7-20-9-3-1-2-8-11(9)13(18)15-12(8)17/h1-3H,4-7H2,(H,15,17,18). The van der Waals surface area contributed by atoms with Gasteiger partial charge in [-0.3, -0.25) is 19.7 Å². The lowest BCUT2D eigenvalue weighted by Crippen LogP contribution is -2.20. The zero-order valence-electron chi connectivity index (χ0n) is 10.5. The van der Waals surface area contributed by atoms with Crippen LogP contribution in [0.1, 0.15) is 27.1 Å². The molecule has 20 heavy (non-hydrogen) atoms. The van der Waals surface area contributed by atoms with Crippen molar-refractivity contribution in [2.45, 2.75) is 11.3 Å². The molecule has 5 nitrogen and oxygen atoms in total. The highest BCUT2D eigenvalue weighted by atomic mass is 35.5. The van der Waals surface area contributed by atoms with Gasteiger partial charge in [0, 0.05) is 10.6 Å². The van der Waals surface area contributed by atoms with Crippen LogP contribution in [0.2, 0.25) is 0 Å². The van der Waals surface area contributed by atoms with E-state index >= 15 is 0 Å². The summed E-state index contributed by atoms with van der Waals surface area (Å²) in [7, 11) is 0. The van der Waals surface area contributed by atoms with Crippen LogP contribution in [0.3, 0.4) is 0 Å². The largest absolute Gasteiger partial charge is 0.464 e. The topological polar surface area (TPSA) is 72.5 Å². The molecule has 1 aliphatic heterocycles. The van der Waals surface area contributed by atoms with Crippen LogP contribution in [-0.4, -0.2) is 36.0 Å². The molecule has 0 fully saturated rings. The molecule has 0 saturated carbocycles. The molecular weight excluding hydrogens is 302 g/mol. The molecule has 1 aromatic carbocycles. The lowest BCUT2D eigenvalue weighted by molar-refractivity contribution is -0.142. The average Bonchev–Trinajstić information content (AvgIpc) is 2.73. The maximum atomic E-state index is 11.7. The molecule has 0 saturated heterocycles. The summed E-state index contributed by atoms with van der Waals surface area (Å²) in [4.78, 5) is 35.2. The molecule has 1 heterocycles. The van der Waals surface area contributed by atoms with Gasteiger partial charge in [-0.1, -0.05) is 6.07 Å². The molecule has 7 heteroatoms. The van der Waals surface area contributed by atoms with Gasteiger partial charge in [0.1, 0.15) is 6.61 Å². The second-order valence-corrected chi connectivity index (χ2v) is 5.48. The molecule has 0 spiro atoms. The van der Waals surface area contributed by atoms with Crippen molar-refractivity contribution >= 4 is 41.1 Å². The maximum Gasteiger partial charge on any atom is 0.306 e. The highest BCUT2D eigenvalue weighted by Crippen LogP contribution is 2.28. The van der Waals surface area contributed by atoms with E-state index in [1.165, 1.54) is 11.8 Å². The van der Waals surface area contributed by atoms with E-state index in [1.807, 2.05) is 0 Å². The molecule has 1 aliphatic rings. The van der Waals surface area contributed by atoms with Crippen LogP contribution >= 0.6 is 23.4 Å². The number of ether oxygens (including phenoxy) is 1. The van der Waals surface area contributed by atoms with Crippen LogP contribution in [0.25, 0.3) is 0 Å². The number of amides is 2. The van der Waals surface area contributed by atoms with Crippen LogP contribution in [0.15, 0.2) is 23.1 Å². The summed E-state index contributed by atoms with van der Waals surface area (Å²) in [6, 6.07) is 5.07. The third-order valence-electron chi connectivity index (χ3n) is 2.63. The Morgan fingerprint density at radius 2 is 2.10 bits per heavy atom. The Kier molecular flexibility index (Phi) is 5.03. The molecule has 0 aromatic heterocycles. The second kappa shape index (κ2) is 6.76. The van der Waals surface area contributed by atoms with Gasteiger partial charge in [-0.2, -0.15) is 0 Å². The van der Waals surface area contributed by atoms with Gasteiger partial charge in [0.25, 0.3) is 11.8 Å². The van der Waals surface area contributed by atoms with Gasteiger partial charge in [-0.05, 0) is 12.1 Å². The first-order chi connectivity index (χ1) is 9.63. The molecule has 0 bridgehead atoms. The molecule has 2 amide bonds. The second-order valence-electron chi connectivity index (χ2n) is 3.97. The van der Waals surface area contributed by atoms with E-state index in [-0.39, 0.29) is 30.8 Å². The third kappa shape index (κ3) is 3.32. The summed E-state index contributed by atoms with van der Waals surface area (Å²) in [5.41, 5.74) is 0.765. The molecule has 0 aliphatic carbocycles. The van der Waals surface area contributed by atoms with Crippen molar-refractivity contribution in [3.05, 3.63) is 29.3 Å². The third-order valence-corrected chi connectivity index (χ3v) is 3.84. The van der Waals surface area contributed by atoms with Crippen molar-refractivity contribution in [3.8, 4) is 0 Å². The molecule has 106 valence electrons. The number of carbonyl (C=O) groups excluding carboxylic acids is 3. The first-order valence-corrected chi connectivity index (χ1v) is 7.48. The highest BCUT2D eigenvalue weighted by Gasteiger charge is 2.29. The highest BCUT2D eigenvalue weighted by molar-refractivity contribution is 7.99. The minimum Gasteiger partial charge on any atom is -0.464 e. The summed E-state index contributed by atoms with van der Waals surface area (Å²) in [5.74, 6) is -0.357. The van der Waals surface area contributed by atoms with Crippen LogP contribution in [0, 0.1) is 0 Å². The minimum absolute atomic E-state index is 0.197. The summed E-state index contributed by atoms with van der Waals surface area (Å²) in [5, 5.41) is 2.25. The summed E-state index contributed by atoms with van der Waals surface area (Å²) in [6.45, 7) is 0.197. The van der Waals surface area contributed by atoms with Gasteiger partial charge >= 0.3 is 5.97 Å². The number of alkyl halides is 1. The number of nitrogens with one attached hydrogen (secondary N) is 1. The Hall–Kier alpha value is -1.53. The number of fused-ring (bicyclic) bond motifs is 1. The van der Waals surface area contributed by atoms with Crippen molar-refractivity contribution in [3.63, 3.8) is 0 Å². The molecule has 1 aromatic rings. The number of imide groups is 1. The Morgan fingerprint density at radius 1 is 1.30 bits per heavy atom. The number of hydrogen-bond donors (Lipinski definition) is 1. The normalized spacial score (nSPS) is 13.1. The molecule has 0 unspecified atom stereocenters. The van der Waals surface area contributed by atoms with Crippen molar-refractivity contribution < 1.29 is 19.1 Å². The van der Waals surface area contributed by atoms with Gasteiger partial charge in [-0.15, -0.1) is 23.4 Å². The van der Waals surface area contributed by atoms with E-state index in [1.54, 1.807) is 18.2 Å². The molecule has 0 radical (unpaired) electrons. The number of rotatable bonds is 6. The quantitative estimate of drug-likeness (QED) is 0.375. The molecule has 1 N–H and O–H groups in total. The summed E-state index contributed by atoms with van der Waals surface area (Å²) in [6.07, 6.45) is 0.223. The van der Waals surface area contributed by atoms with E-state index < -0.39 is 5.91 Å². The van der Waals surface area contributed by atoms with Crippen molar-refractivity contribution in [1.82, 2.24) is 5.32 Å². The Morgan fingerprint density at radius 3 is 2.85 bits per heavy atom. The fourth-order valence-corrected chi connectivity index (χ4v) is 2.86. The number of benzene rings is 1. The van der Waals surface area contributed by atoms with E-state index in [2.05, 4.69) is 5.32 Å². The fourth-order valence-electron chi connectivity index (χ4n) is 1.78. The van der Waals surface area contributed by atoms with Gasteiger partial charge in [0.15, 0.2) is 0 Å². The maximum absolute atomic E-state index is 11.7. The lowest BCUT2D eigenvalue weighted by atomic mass is 10.1. The SMILES string of the molecule is O=C(CCSc1cccc2c1C(=O)NC2=O)OCCCl. The number of hydrogen-bond acceptors (Lipinski definition) is 5. The fraction of sp³-hybridized carbons (Fsp3) is 0.308. The Labute approximate surface area is 125 Å². The monoisotopic (exact) mass is 313 g/mol. The zero-order valence-corrected chi connectivity index (χ0v) is 12.1. The Balaban J connectivity index is 1.96. The number of halogens is 1. The van der Waals surface area contributed by atoms with E-state index in [4.69, 9.17) is 16.3 Å². The molecule has 0 atom stereocenters. The van der Waals surface area contributed by atoms with Crippen LogP contribution in [0.5, 0.6) is 0 Å². The van der Waals surface area contributed by atoms with E-state index in [0.29, 0.717) is 21.8 Å². The minimum atomic E-state index is -0.391. The first-order valence-electron chi connectivity index (χ1n) is 5.96. The summed E-state index contributed by atoms with van der Waals surface area (Å²) >= 11 is 6.76. The van der Waals surface area contributed by atoms with Gasteiger partial charge in [0.05, 0.1) is 23.4 Å². The average molecular weight is 314 g/mol. The number of carbonyl (C=O) groups is 3. The van der Waals surface area contributed by atoms with Gasteiger partial charge < -0.3 is 4.74 Å². The van der Waals surface area contributed by atoms with Crippen LogP contribution in [0.4, 0.5) is 0 Å². The summed E-state index contributed by atoms with van der Waals surface area (Å²) < 4.78 is 4.84. The zero-order chi connectivity index (χ0) is 14.5. The van der Waals surface area contributed by atoms with Crippen molar-refractivity contribution in [2.24, 2.45) is 0 Å². The smallest absolute Gasteiger partial charge is 0.306 e. The van der Waals surface area contributed by atoms with E-state index in [0.717, 1.165) is 0 Å². The van der Waals surface area contributed by atoms with Gasteiger partial charge in [0.2, 0.25) is 0 Å². The predicted molar refractivity (Wildman–Crippen MR) is 75.3 cm³/mol. The number of thioether (sulfide) groups is 1. The lowest BCUT2D eigenvalue weighted by Gasteiger charge is -2.05. The van der Waals surface area contributed by atoms with Crippen LogP contribution < -0.4 is 5.32 Å². The molecule has 2 rings (SSSR count). The first kappa shape index (κ1) is 14.9. The van der Waals surface area contributed by atoms with Crippen molar-refractivity contribution in [2.75, 3.05) is 18.2 Å². The van der Waals surface area contributed by atoms with Gasteiger partial charge in [-0.25, -0.2) is 0 Å². The predicted octanol–water partition coefficient (Wildman–Crippen LogP) is 1.83. The molecular formula is C13H12ClNO4S. The van der Waals surface area contributed by atoms with Crippen molar-refractivity contribution in [1.29, 1.82) is 0 Å². The van der Waals surface area contributed by atoms with Crippen LogP contribution in [-0.2, 0) is 9.53 Å². The Bertz CT molecular complexity index is 561. The number of esters is 1. The van der Waals surface area contributed by atoms with E-state index in [9.17, 15) is 14.4 Å².